The average molecular weight is 385 g/mol. The van der Waals surface area contributed by atoms with Gasteiger partial charge in [-0.05, 0) is 55.0 Å². The van der Waals surface area contributed by atoms with Gasteiger partial charge >= 0.3 is 0 Å². The van der Waals surface area contributed by atoms with E-state index in [0.717, 1.165) is 31.5 Å². The molecule has 0 bridgehead atoms. The van der Waals surface area contributed by atoms with E-state index in [4.69, 9.17) is 11.6 Å². The van der Waals surface area contributed by atoms with Crippen LogP contribution in [0.1, 0.15) is 36.0 Å². The van der Waals surface area contributed by atoms with E-state index < -0.39 is 0 Å². The Morgan fingerprint density at radius 1 is 1.07 bits per heavy atom. The monoisotopic (exact) mass is 384 g/mol. The highest BCUT2D eigenvalue weighted by Gasteiger charge is 2.34. The number of halogens is 1. The van der Waals surface area contributed by atoms with Crippen molar-refractivity contribution in [3.63, 3.8) is 0 Å². The van der Waals surface area contributed by atoms with Crippen LogP contribution in [0, 0.1) is 0 Å². The van der Waals surface area contributed by atoms with Gasteiger partial charge in [0.1, 0.15) is 5.75 Å². The van der Waals surface area contributed by atoms with Crippen molar-refractivity contribution in [2.45, 2.75) is 44.8 Å². The fourth-order valence-electron chi connectivity index (χ4n) is 4.21. The number of rotatable bonds is 3. The van der Waals surface area contributed by atoms with Gasteiger partial charge in [-0.2, -0.15) is 0 Å². The molecule has 0 spiro atoms. The topological polar surface area (TPSA) is 43.8 Å². The zero-order valence-corrected chi connectivity index (χ0v) is 16.2. The highest BCUT2D eigenvalue weighted by atomic mass is 35.5. The first-order valence-corrected chi connectivity index (χ1v) is 10.1. The first-order valence-electron chi connectivity index (χ1n) is 9.69. The number of aromatic hydroxyl groups is 1. The molecule has 0 radical (unpaired) electrons. The Kier molecular flexibility index (Phi) is 5.37. The summed E-state index contributed by atoms with van der Waals surface area (Å²) in [6, 6.07) is 13.2. The average Bonchev–Trinajstić information content (AvgIpc) is 2.70. The smallest absolute Gasteiger partial charge is 0.240 e. The maximum atomic E-state index is 13.3. The SMILES string of the molecule is O=C(C1Cc2ccccc2CN1Cc1cc(Cl)ccc1O)N1CCCCC1. The Morgan fingerprint density at radius 2 is 1.81 bits per heavy atom. The minimum absolute atomic E-state index is 0.198. The lowest BCUT2D eigenvalue weighted by Crippen LogP contribution is -2.52. The Labute approximate surface area is 165 Å². The molecule has 4 nitrogen and oxygen atoms in total. The molecule has 2 aliphatic heterocycles. The highest BCUT2D eigenvalue weighted by Crippen LogP contribution is 2.30. The molecule has 4 rings (SSSR count). The number of phenols is 1. The van der Waals surface area contributed by atoms with Gasteiger partial charge in [0.15, 0.2) is 0 Å². The van der Waals surface area contributed by atoms with Crippen molar-refractivity contribution in [1.82, 2.24) is 9.80 Å². The number of hydrogen-bond donors (Lipinski definition) is 1. The highest BCUT2D eigenvalue weighted by molar-refractivity contribution is 6.30. The van der Waals surface area contributed by atoms with Gasteiger partial charge in [0.25, 0.3) is 0 Å². The van der Waals surface area contributed by atoms with E-state index in [0.29, 0.717) is 24.5 Å². The standard InChI is InChI=1S/C22H25ClN2O2/c23-19-8-9-21(26)18(12-19)15-25-14-17-7-3-2-6-16(17)13-20(25)22(27)24-10-4-1-5-11-24/h2-3,6-9,12,20,26H,1,4-5,10-11,13-15H2. The number of nitrogens with zero attached hydrogens (tertiary/aromatic N) is 2. The molecule has 1 fully saturated rings. The van der Waals surface area contributed by atoms with E-state index in [9.17, 15) is 9.90 Å². The second kappa shape index (κ2) is 7.91. The molecule has 27 heavy (non-hydrogen) atoms. The molecule has 2 heterocycles. The van der Waals surface area contributed by atoms with Gasteiger partial charge in [-0.25, -0.2) is 0 Å². The van der Waals surface area contributed by atoms with Crippen LogP contribution < -0.4 is 0 Å². The molecule has 0 aliphatic carbocycles. The first-order chi connectivity index (χ1) is 13.1. The first kappa shape index (κ1) is 18.3. The maximum Gasteiger partial charge on any atom is 0.240 e. The zero-order valence-electron chi connectivity index (χ0n) is 15.4. The van der Waals surface area contributed by atoms with Crippen molar-refractivity contribution in [1.29, 1.82) is 0 Å². The van der Waals surface area contributed by atoms with E-state index in [-0.39, 0.29) is 17.7 Å². The molecule has 2 aliphatic rings. The number of phenolic OH excluding ortho intramolecular Hbond substituents is 1. The van der Waals surface area contributed by atoms with Crippen LogP contribution in [0.2, 0.25) is 5.02 Å². The zero-order chi connectivity index (χ0) is 18.8. The van der Waals surface area contributed by atoms with Crippen LogP contribution in [0.25, 0.3) is 0 Å². The van der Waals surface area contributed by atoms with Crippen LogP contribution in [-0.2, 0) is 24.3 Å². The second-order valence-corrected chi connectivity index (χ2v) is 7.99. The molecule has 0 aromatic heterocycles. The lowest BCUT2D eigenvalue weighted by Gasteiger charge is -2.39. The summed E-state index contributed by atoms with van der Waals surface area (Å²) in [6.45, 7) is 2.91. The summed E-state index contributed by atoms with van der Waals surface area (Å²) in [7, 11) is 0. The van der Waals surface area contributed by atoms with Crippen molar-refractivity contribution < 1.29 is 9.90 Å². The molecule has 1 atom stereocenters. The van der Waals surface area contributed by atoms with Gasteiger partial charge in [-0.1, -0.05) is 35.9 Å². The summed E-state index contributed by atoms with van der Waals surface area (Å²) in [4.78, 5) is 17.5. The quantitative estimate of drug-likeness (QED) is 0.870. The minimum atomic E-state index is -0.198. The molecule has 1 saturated heterocycles. The van der Waals surface area contributed by atoms with Gasteiger partial charge in [0.2, 0.25) is 5.91 Å². The Morgan fingerprint density at radius 3 is 2.59 bits per heavy atom. The number of amides is 1. The van der Waals surface area contributed by atoms with Gasteiger partial charge in [0, 0.05) is 36.8 Å². The van der Waals surface area contributed by atoms with Gasteiger partial charge in [-0.15, -0.1) is 0 Å². The molecular formula is C22H25ClN2O2. The Bertz CT molecular complexity index is 833. The summed E-state index contributed by atoms with van der Waals surface area (Å²) in [5.41, 5.74) is 3.26. The van der Waals surface area contributed by atoms with E-state index in [1.54, 1.807) is 18.2 Å². The van der Waals surface area contributed by atoms with Crippen LogP contribution in [0.3, 0.4) is 0 Å². The lowest BCUT2D eigenvalue weighted by atomic mass is 9.92. The van der Waals surface area contributed by atoms with Crippen LogP contribution in [0.15, 0.2) is 42.5 Å². The number of likely N-dealkylation sites (tertiary alicyclic amines) is 1. The third kappa shape index (κ3) is 3.97. The van der Waals surface area contributed by atoms with Crippen LogP contribution >= 0.6 is 11.6 Å². The third-order valence-corrected chi connectivity index (χ3v) is 5.95. The van der Waals surface area contributed by atoms with E-state index in [1.807, 2.05) is 17.0 Å². The largest absolute Gasteiger partial charge is 0.508 e. The van der Waals surface area contributed by atoms with Crippen molar-refractivity contribution in [2.75, 3.05) is 13.1 Å². The summed E-state index contributed by atoms with van der Waals surface area (Å²) < 4.78 is 0. The molecule has 2 aromatic rings. The third-order valence-electron chi connectivity index (χ3n) is 5.71. The minimum Gasteiger partial charge on any atom is -0.508 e. The second-order valence-electron chi connectivity index (χ2n) is 7.55. The summed E-state index contributed by atoms with van der Waals surface area (Å²) >= 11 is 6.13. The molecule has 1 N–H and O–H groups in total. The number of carbonyl (C=O) groups excluding carboxylic acids is 1. The van der Waals surface area contributed by atoms with E-state index >= 15 is 0 Å². The van der Waals surface area contributed by atoms with Crippen LogP contribution in [0.5, 0.6) is 5.75 Å². The lowest BCUT2D eigenvalue weighted by molar-refractivity contribution is -0.138. The molecule has 0 saturated carbocycles. The molecule has 2 aromatic carbocycles. The summed E-state index contributed by atoms with van der Waals surface area (Å²) in [6.07, 6.45) is 4.10. The number of piperidine rings is 1. The molecular weight excluding hydrogens is 360 g/mol. The van der Waals surface area contributed by atoms with Gasteiger partial charge in [0.05, 0.1) is 6.04 Å². The van der Waals surface area contributed by atoms with Crippen LogP contribution in [0.4, 0.5) is 0 Å². The predicted octanol–water partition coefficient (Wildman–Crippen LogP) is 3.99. The fourth-order valence-corrected chi connectivity index (χ4v) is 4.41. The number of fused-ring (bicyclic) bond motifs is 1. The van der Waals surface area contributed by atoms with Crippen molar-refractivity contribution in [3.05, 3.63) is 64.2 Å². The summed E-state index contributed by atoms with van der Waals surface area (Å²) in [5, 5.41) is 10.9. The van der Waals surface area contributed by atoms with Crippen molar-refractivity contribution >= 4 is 17.5 Å². The fraction of sp³-hybridized carbons (Fsp3) is 0.409. The maximum absolute atomic E-state index is 13.3. The molecule has 1 amide bonds. The van der Waals surface area contributed by atoms with E-state index in [1.165, 1.54) is 17.5 Å². The van der Waals surface area contributed by atoms with Gasteiger partial charge in [-0.3, -0.25) is 9.69 Å². The normalized spacial score (nSPS) is 20.3. The van der Waals surface area contributed by atoms with Gasteiger partial charge < -0.3 is 10.0 Å². The number of benzene rings is 2. The summed E-state index contributed by atoms with van der Waals surface area (Å²) in [5.74, 6) is 0.438. The van der Waals surface area contributed by atoms with Crippen molar-refractivity contribution in [2.24, 2.45) is 0 Å². The number of carbonyl (C=O) groups is 1. The molecule has 142 valence electrons. The van der Waals surface area contributed by atoms with E-state index in [2.05, 4.69) is 17.0 Å². The predicted molar refractivity (Wildman–Crippen MR) is 107 cm³/mol. The molecule has 1 unspecified atom stereocenters. The number of hydrogen-bond acceptors (Lipinski definition) is 3. The molecule has 5 heteroatoms. The van der Waals surface area contributed by atoms with Crippen LogP contribution in [-0.4, -0.2) is 39.9 Å². The Balaban J connectivity index is 1.63. The Hall–Kier alpha value is -2.04. The van der Waals surface area contributed by atoms with Crippen molar-refractivity contribution in [3.8, 4) is 5.75 Å².